The molecule has 0 saturated carbocycles. The summed E-state index contributed by atoms with van der Waals surface area (Å²) in [6.45, 7) is 5.26. The van der Waals surface area contributed by atoms with Crippen LogP contribution in [-0.4, -0.2) is 50.0 Å². The van der Waals surface area contributed by atoms with Crippen LogP contribution in [-0.2, 0) is 32.6 Å². The van der Waals surface area contributed by atoms with Crippen molar-refractivity contribution in [1.29, 1.82) is 0 Å². The summed E-state index contributed by atoms with van der Waals surface area (Å²) in [6.07, 6.45) is 2.02. The van der Waals surface area contributed by atoms with E-state index in [4.69, 9.17) is 11.6 Å². The molecule has 0 saturated heterocycles. The molecule has 0 aliphatic heterocycles. The number of benzene rings is 3. The second kappa shape index (κ2) is 14.1. The van der Waals surface area contributed by atoms with E-state index in [9.17, 15) is 18.0 Å². The maximum Gasteiger partial charge on any atom is 0.244 e. The number of anilines is 1. The van der Waals surface area contributed by atoms with Gasteiger partial charge in [0.25, 0.3) is 0 Å². The van der Waals surface area contributed by atoms with Crippen LogP contribution in [0.4, 0.5) is 5.69 Å². The summed E-state index contributed by atoms with van der Waals surface area (Å²) in [5, 5.41) is 3.46. The number of nitrogens with one attached hydrogen (secondary N) is 1. The summed E-state index contributed by atoms with van der Waals surface area (Å²) in [4.78, 5) is 29.3. The molecule has 40 heavy (non-hydrogen) atoms. The van der Waals surface area contributed by atoms with Gasteiger partial charge < -0.3 is 10.2 Å². The van der Waals surface area contributed by atoms with Gasteiger partial charge in [0.05, 0.1) is 11.9 Å². The third-order valence-electron chi connectivity index (χ3n) is 6.68. The zero-order valence-corrected chi connectivity index (χ0v) is 26.3. The molecule has 2 amide bonds. The van der Waals surface area contributed by atoms with Gasteiger partial charge in [0.1, 0.15) is 12.6 Å². The van der Waals surface area contributed by atoms with E-state index in [2.05, 4.69) is 21.2 Å². The Morgan fingerprint density at radius 2 is 1.68 bits per heavy atom. The molecule has 1 N–H and O–H groups in total. The summed E-state index contributed by atoms with van der Waals surface area (Å²) >= 11 is 9.92. The molecule has 7 nitrogen and oxygen atoms in total. The molecule has 2 unspecified atom stereocenters. The van der Waals surface area contributed by atoms with Crippen LogP contribution in [0, 0.1) is 6.92 Å². The van der Waals surface area contributed by atoms with Crippen LogP contribution in [0.1, 0.15) is 37.0 Å². The summed E-state index contributed by atoms with van der Waals surface area (Å²) in [5.41, 5.74) is 2.70. The van der Waals surface area contributed by atoms with Crippen molar-refractivity contribution >= 4 is 55.1 Å². The van der Waals surface area contributed by atoms with E-state index in [1.54, 1.807) is 36.4 Å². The highest BCUT2D eigenvalue weighted by Crippen LogP contribution is 2.26. The van der Waals surface area contributed by atoms with Gasteiger partial charge in [-0.2, -0.15) is 0 Å². The molecule has 3 aromatic carbocycles. The predicted octanol–water partition coefficient (Wildman–Crippen LogP) is 5.73. The number of carbonyl (C=O) groups excluding carboxylic acids is 2. The fraction of sp³-hybridized carbons (Fsp3) is 0.333. The standard InChI is InChI=1S/C30H35BrClN3O4S/c1-5-22(3)33-30(37)28(18-23-11-7-6-8-12-23)34(19-24-13-9-10-14-27(24)32)29(36)20-35(40(4,38)39)25-15-16-26(31)21(2)17-25/h6-17,22,28H,5,18-20H2,1-4H3,(H,33,37). The van der Waals surface area contributed by atoms with Gasteiger partial charge >= 0.3 is 0 Å². The minimum Gasteiger partial charge on any atom is -0.352 e. The number of sulfonamides is 1. The molecule has 3 aromatic rings. The van der Waals surface area contributed by atoms with Crippen molar-refractivity contribution in [3.63, 3.8) is 0 Å². The van der Waals surface area contributed by atoms with E-state index < -0.39 is 28.5 Å². The molecule has 0 aromatic heterocycles. The molecule has 0 radical (unpaired) electrons. The lowest BCUT2D eigenvalue weighted by Gasteiger charge is -2.34. The molecule has 0 fully saturated rings. The quantitative estimate of drug-likeness (QED) is 0.272. The van der Waals surface area contributed by atoms with Crippen LogP contribution in [0.25, 0.3) is 0 Å². The average Bonchev–Trinajstić information content (AvgIpc) is 2.91. The zero-order chi connectivity index (χ0) is 29.4. The lowest BCUT2D eigenvalue weighted by molar-refractivity contribution is -0.140. The van der Waals surface area contributed by atoms with E-state index in [1.807, 2.05) is 57.2 Å². The first-order valence-electron chi connectivity index (χ1n) is 13.0. The van der Waals surface area contributed by atoms with Gasteiger partial charge in [-0.15, -0.1) is 0 Å². The number of aryl methyl sites for hydroxylation is 1. The number of amides is 2. The van der Waals surface area contributed by atoms with Crippen LogP contribution in [0.5, 0.6) is 0 Å². The first-order chi connectivity index (χ1) is 18.9. The molecule has 0 aliphatic carbocycles. The van der Waals surface area contributed by atoms with Crippen molar-refractivity contribution in [2.45, 2.75) is 52.2 Å². The highest BCUT2D eigenvalue weighted by molar-refractivity contribution is 9.10. The highest BCUT2D eigenvalue weighted by atomic mass is 79.9. The van der Waals surface area contributed by atoms with Crippen LogP contribution < -0.4 is 9.62 Å². The van der Waals surface area contributed by atoms with Gasteiger partial charge in [-0.25, -0.2) is 8.42 Å². The Kier molecular flexibility index (Phi) is 11.2. The molecule has 2 atom stereocenters. The molecule has 0 bridgehead atoms. The SMILES string of the molecule is CCC(C)NC(=O)C(Cc1ccccc1)N(Cc1ccccc1Cl)C(=O)CN(c1ccc(Br)c(C)c1)S(C)(=O)=O. The Morgan fingerprint density at radius 1 is 1.02 bits per heavy atom. The largest absolute Gasteiger partial charge is 0.352 e. The zero-order valence-electron chi connectivity index (χ0n) is 23.1. The van der Waals surface area contributed by atoms with Crippen molar-refractivity contribution in [3.8, 4) is 0 Å². The third kappa shape index (κ3) is 8.56. The first kappa shape index (κ1) is 31.6. The van der Waals surface area contributed by atoms with Crippen LogP contribution in [0.2, 0.25) is 5.02 Å². The number of halogens is 2. The Bertz CT molecular complexity index is 1440. The van der Waals surface area contributed by atoms with Crippen LogP contribution >= 0.6 is 27.5 Å². The van der Waals surface area contributed by atoms with Gasteiger partial charge in [-0.05, 0) is 61.2 Å². The molecule has 0 aliphatic rings. The minimum atomic E-state index is -3.84. The Balaban J connectivity index is 2.08. The topological polar surface area (TPSA) is 86.8 Å². The lowest BCUT2D eigenvalue weighted by Crippen LogP contribution is -2.54. The Morgan fingerprint density at radius 3 is 2.27 bits per heavy atom. The Hall–Kier alpha value is -2.88. The first-order valence-corrected chi connectivity index (χ1v) is 16.0. The molecular formula is C30H35BrClN3O4S. The summed E-state index contributed by atoms with van der Waals surface area (Å²) in [7, 11) is -3.84. The van der Waals surface area contributed by atoms with E-state index in [0.717, 1.165) is 26.2 Å². The van der Waals surface area contributed by atoms with Crippen molar-refractivity contribution < 1.29 is 18.0 Å². The monoisotopic (exact) mass is 647 g/mol. The molecular weight excluding hydrogens is 614 g/mol. The molecule has 3 rings (SSSR count). The van der Waals surface area contributed by atoms with Crippen molar-refractivity contribution in [3.05, 3.63) is 99.0 Å². The van der Waals surface area contributed by atoms with Crippen LogP contribution in [0.3, 0.4) is 0 Å². The van der Waals surface area contributed by atoms with Crippen molar-refractivity contribution in [1.82, 2.24) is 10.2 Å². The van der Waals surface area contributed by atoms with Crippen LogP contribution in [0.15, 0.2) is 77.3 Å². The number of hydrogen-bond acceptors (Lipinski definition) is 4. The van der Waals surface area contributed by atoms with Crippen molar-refractivity contribution in [2.24, 2.45) is 0 Å². The van der Waals surface area contributed by atoms with Gasteiger partial charge in [0.2, 0.25) is 21.8 Å². The fourth-order valence-corrected chi connectivity index (χ4v) is 5.49. The normalized spacial score (nSPS) is 12.8. The Labute approximate surface area is 250 Å². The maximum absolute atomic E-state index is 14.1. The number of rotatable bonds is 12. The van der Waals surface area contributed by atoms with Gasteiger partial charge in [-0.1, -0.05) is 83.0 Å². The fourth-order valence-electron chi connectivity index (χ4n) is 4.20. The second-order valence-corrected chi connectivity index (χ2v) is 13.0. The number of hydrogen-bond donors (Lipinski definition) is 1. The predicted molar refractivity (Wildman–Crippen MR) is 165 cm³/mol. The van der Waals surface area contributed by atoms with Gasteiger partial charge in [-0.3, -0.25) is 13.9 Å². The summed E-state index contributed by atoms with van der Waals surface area (Å²) < 4.78 is 27.7. The molecule has 0 heterocycles. The minimum absolute atomic E-state index is 0.0287. The molecule has 0 spiro atoms. The van der Waals surface area contributed by atoms with E-state index in [-0.39, 0.29) is 24.9 Å². The van der Waals surface area contributed by atoms with E-state index >= 15 is 0 Å². The van der Waals surface area contributed by atoms with Crippen molar-refractivity contribution in [2.75, 3.05) is 17.1 Å². The van der Waals surface area contributed by atoms with E-state index in [1.165, 1.54) is 4.90 Å². The van der Waals surface area contributed by atoms with Gasteiger partial charge in [0, 0.05) is 28.5 Å². The second-order valence-electron chi connectivity index (χ2n) is 9.84. The molecule has 10 heteroatoms. The van der Waals surface area contributed by atoms with Gasteiger partial charge in [0.15, 0.2) is 0 Å². The number of carbonyl (C=O) groups is 2. The maximum atomic E-state index is 14.1. The summed E-state index contributed by atoms with van der Waals surface area (Å²) in [5.74, 6) is -0.838. The lowest BCUT2D eigenvalue weighted by atomic mass is 10.0. The molecule has 214 valence electrons. The smallest absolute Gasteiger partial charge is 0.244 e. The average molecular weight is 649 g/mol. The highest BCUT2D eigenvalue weighted by Gasteiger charge is 2.33. The number of nitrogens with zero attached hydrogens (tertiary/aromatic N) is 2. The summed E-state index contributed by atoms with van der Waals surface area (Å²) in [6, 6.07) is 20.6. The third-order valence-corrected chi connectivity index (χ3v) is 9.08. The van der Waals surface area contributed by atoms with E-state index in [0.29, 0.717) is 22.7 Å².